The number of fused-ring (bicyclic) bond motifs is 6. The largest absolute Gasteiger partial charge is 0.497 e. The van der Waals surface area contributed by atoms with E-state index in [9.17, 15) is 4.79 Å². The van der Waals surface area contributed by atoms with Crippen molar-refractivity contribution >= 4 is 16.8 Å². The van der Waals surface area contributed by atoms with Crippen LogP contribution in [0.5, 0.6) is 0 Å². The van der Waals surface area contributed by atoms with Gasteiger partial charge >= 0.3 is 0 Å². The van der Waals surface area contributed by atoms with E-state index in [2.05, 4.69) is 46.5 Å². The van der Waals surface area contributed by atoms with Crippen molar-refractivity contribution in [2.45, 2.75) is 31.9 Å². The number of hydrogen-bond donors (Lipinski definition) is 3. The monoisotopic (exact) mass is 358 g/mol. The molecule has 4 atom stereocenters. The van der Waals surface area contributed by atoms with Crippen molar-refractivity contribution in [3.05, 3.63) is 47.4 Å². The summed E-state index contributed by atoms with van der Waals surface area (Å²) in [5, 5.41) is 1.33. The molecular weight excluding hydrogens is 328 g/mol. The fourth-order valence-corrected chi connectivity index (χ4v) is 5.17. The Morgan fingerprint density at radius 1 is 1.42 bits per heavy atom. The molecule has 0 radical (unpaired) electrons. The molecule has 0 bridgehead atoms. The molecule has 0 aliphatic carbocycles. The fraction of sp³-hybridized carbons (Fsp3) is 0.450. The zero-order chi connectivity index (χ0) is 17.8. The van der Waals surface area contributed by atoms with Gasteiger partial charge in [0, 0.05) is 45.8 Å². The van der Waals surface area contributed by atoms with Crippen LogP contribution >= 0.6 is 0 Å². The summed E-state index contributed by atoms with van der Waals surface area (Å²) in [4.78, 5) is 18.5. The van der Waals surface area contributed by atoms with Crippen LogP contribution in [0.15, 0.2) is 36.1 Å². The maximum atomic E-state index is 12.3. The molecule has 3 aliphatic heterocycles. The molecule has 3 unspecified atom stereocenters. The number of nitrogens with two attached hydrogens (primary N) is 1. The van der Waals surface area contributed by atoms with Crippen LogP contribution in [-0.4, -0.2) is 35.0 Å². The number of aromatic nitrogens is 1. The molecule has 4 N–H and O–H groups in total. The summed E-state index contributed by atoms with van der Waals surface area (Å²) < 4.78 is 5.77. The predicted molar refractivity (Wildman–Crippen MR) is 105 cm³/mol. The second-order valence-electron chi connectivity index (χ2n) is 7.72. The average Bonchev–Trinajstić information content (AvgIpc) is 3.06. The van der Waals surface area contributed by atoms with Crippen molar-refractivity contribution in [1.29, 1.82) is 0 Å². The SMILES string of the molecule is C[C@@H]1OC=C(C(=O)NN)C2CC3c4[nH]c5ccccc5c4CCN3CC21.[HH].[HH].[HH]. The first-order valence-electron chi connectivity index (χ1n) is 9.37. The number of nitrogens with zero attached hydrogens (tertiary/aromatic N) is 1. The third-order valence-corrected chi connectivity index (χ3v) is 6.51. The Morgan fingerprint density at radius 2 is 2.27 bits per heavy atom. The highest BCUT2D eigenvalue weighted by atomic mass is 16.5. The number of nitrogens with one attached hydrogen (secondary N) is 2. The molecular formula is C20H30N4O2. The molecule has 6 heteroatoms. The molecule has 142 valence electrons. The van der Waals surface area contributed by atoms with Crippen LogP contribution < -0.4 is 11.3 Å². The first-order chi connectivity index (χ1) is 12.7. The van der Waals surface area contributed by atoms with Gasteiger partial charge in [0.05, 0.1) is 24.0 Å². The summed E-state index contributed by atoms with van der Waals surface area (Å²) in [5.74, 6) is 5.66. The third-order valence-electron chi connectivity index (χ3n) is 6.51. The second kappa shape index (κ2) is 5.86. The highest BCUT2D eigenvalue weighted by Gasteiger charge is 2.46. The lowest BCUT2D eigenvalue weighted by Gasteiger charge is -2.49. The van der Waals surface area contributed by atoms with Crippen LogP contribution in [0.4, 0.5) is 0 Å². The van der Waals surface area contributed by atoms with Crippen molar-refractivity contribution in [2.24, 2.45) is 17.7 Å². The molecule has 1 saturated heterocycles. The van der Waals surface area contributed by atoms with Gasteiger partial charge in [0.1, 0.15) is 0 Å². The number of H-pyrrole nitrogens is 1. The number of benzene rings is 1. The molecule has 4 heterocycles. The van der Waals surface area contributed by atoms with Gasteiger partial charge in [0.25, 0.3) is 5.91 Å². The van der Waals surface area contributed by atoms with Crippen LogP contribution in [0.3, 0.4) is 0 Å². The van der Waals surface area contributed by atoms with Gasteiger partial charge in [-0.3, -0.25) is 15.1 Å². The molecule has 3 aliphatic rings. The van der Waals surface area contributed by atoms with E-state index in [1.54, 1.807) is 6.26 Å². The Morgan fingerprint density at radius 3 is 3.12 bits per heavy atom. The quantitative estimate of drug-likeness (QED) is 0.416. The van der Waals surface area contributed by atoms with E-state index in [1.807, 2.05) is 0 Å². The van der Waals surface area contributed by atoms with Crippen molar-refractivity contribution in [2.75, 3.05) is 13.1 Å². The summed E-state index contributed by atoms with van der Waals surface area (Å²) in [6.07, 6.45) is 3.71. The van der Waals surface area contributed by atoms with Gasteiger partial charge in [0.15, 0.2) is 0 Å². The van der Waals surface area contributed by atoms with E-state index in [1.165, 1.54) is 22.2 Å². The number of para-hydroxylation sites is 1. The summed E-state index contributed by atoms with van der Waals surface area (Å²) in [6, 6.07) is 8.84. The average molecular weight is 358 g/mol. The van der Waals surface area contributed by atoms with Crippen molar-refractivity contribution < 1.29 is 13.8 Å². The molecule has 1 fully saturated rings. The molecule has 0 spiro atoms. The normalized spacial score (nSPS) is 30.6. The minimum absolute atomic E-state index is 0. The Kier molecular flexibility index (Phi) is 3.58. The maximum absolute atomic E-state index is 12.3. The van der Waals surface area contributed by atoms with Gasteiger partial charge in [0.2, 0.25) is 0 Å². The summed E-state index contributed by atoms with van der Waals surface area (Å²) in [6.45, 7) is 4.10. The van der Waals surface area contributed by atoms with Gasteiger partial charge in [-0.15, -0.1) is 0 Å². The lowest BCUT2D eigenvalue weighted by atomic mass is 9.72. The molecule has 2 aromatic rings. The Balaban J connectivity index is 0.000001000. The van der Waals surface area contributed by atoms with Crippen LogP contribution in [0.1, 0.15) is 34.9 Å². The summed E-state index contributed by atoms with van der Waals surface area (Å²) in [7, 11) is 0. The smallest absolute Gasteiger partial charge is 0.264 e. The molecule has 5 rings (SSSR count). The fourth-order valence-electron chi connectivity index (χ4n) is 5.17. The van der Waals surface area contributed by atoms with E-state index in [4.69, 9.17) is 10.6 Å². The van der Waals surface area contributed by atoms with E-state index in [-0.39, 0.29) is 22.2 Å². The zero-order valence-electron chi connectivity index (χ0n) is 14.9. The number of piperidine rings is 1. The molecule has 1 aromatic carbocycles. The van der Waals surface area contributed by atoms with Crippen LogP contribution in [-0.2, 0) is 16.0 Å². The van der Waals surface area contributed by atoms with Crippen LogP contribution in [0.25, 0.3) is 10.9 Å². The van der Waals surface area contributed by atoms with Crippen molar-refractivity contribution in [3.8, 4) is 0 Å². The number of hydrogen-bond acceptors (Lipinski definition) is 4. The molecule has 1 aromatic heterocycles. The van der Waals surface area contributed by atoms with Crippen molar-refractivity contribution in [1.82, 2.24) is 15.3 Å². The number of hydrazine groups is 1. The Hall–Kier alpha value is -2.31. The molecule has 0 saturated carbocycles. The summed E-state index contributed by atoms with van der Waals surface area (Å²) >= 11 is 0. The van der Waals surface area contributed by atoms with Gasteiger partial charge in [-0.2, -0.15) is 0 Å². The topological polar surface area (TPSA) is 83.4 Å². The van der Waals surface area contributed by atoms with E-state index < -0.39 is 0 Å². The first kappa shape index (κ1) is 15.9. The maximum Gasteiger partial charge on any atom is 0.264 e. The number of rotatable bonds is 1. The van der Waals surface area contributed by atoms with Crippen molar-refractivity contribution in [3.63, 3.8) is 0 Å². The highest BCUT2D eigenvalue weighted by Crippen LogP contribution is 2.47. The number of carbonyl (C=O) groups excluding carboxylic acids is 1. The number of ether oxygens (including phenoxy) is 1. The number of aromatic amines is 1. The van der Waals surface area contributed by atoms with Gasteiger partial charge in [-0.1, -0.05) is 18.2 Å². The van der Waals surface area contributed by atoms with E-state index >= 15 is 0 Å². The zero-order valence-corrected chi connectivity index (χ0v) is 14.9. The lowest BCUT2D eigenvalue weighted by molar-refractivity contribution is -0.120. The Bertz CT molecular complexity index is 916. The predicted octanol–water partition coefficient (Wildman–Crippen LogP) is 2.73. The van der Waals surface area contributed by atoms with Crippen LogP contribution in [0, 0.1) is 11.8 Å². The molecule has 6 nitrogen and oxygen atoms in total. The van der Waals surface area contributed by atoms with E-state index in [0.717, 1.165) is 25.9 Å². The number of amides is 1. The molecule has 1 amide bonds. The lowest BCUT2D eigenvalue weighted by Crippen LogP contribution is -2.52. The Labute approximate surface area is 156 Å². The first-order valence-corrected chi connectivity index (χ1v) is 9.37. The van der Waals surface area contributed by atoms with Gasteiger partial charge in [-0.05, 0) is 31.4 Å². The standard InChI is InChI=1S/C20H24N4O2.3H2/c1-11-15-9-24-7-6-13-12-4-2-3-5-17(12)22-19(13)18(24)8-14(15)16(10-26-11)20(25)23-21;;;/h2-5,10-11,14-15,18,22H,6-9,21H2,1H3,(H,23,25);3*1H/t11-,14?,15?,18?;;;/m0.../s1. The number of carbonyl (C=O) groups is 1. The third kappa shape index (κ3) is 2.22. The second-order valence-corrected chi connectivity index (χ2v) is 7.72. The minimum atomic E-state index is -0.229. The van der Waals surface area contributed by atoms with Gasteiger partial charge in [-0.25, -0.2) is 5.84 Å². The highest BCUT2D eigenvalue weighted by molar-refractivity contribution is 5.93. The molecule has 26 heavy (non-hydrogen) atoms. The minimum Gasteiger partial charge on any atom is -0.497 e. The summed E-state index contributed by atoms with van der Waals surface area (Å²) in [5.41, 5.74) is 6.93. The van der Waals surface area contributed by atoms with Gasteiger partial charge < -0.3 is 9.72 Å². The van der Waals surface area contributed by atoms with Crippen LogP contribution in [0.2, 0.25) is 0 Å². The van der Waals surface area contributed by atoms with E-state index in [0.29, 0.717) is 17.5 Å².